The van der Waals surface area contributed by atoms with E-state index in [9.17, 15) is 9.59 Å². The van der Waals surface area contributed by atoms with Gasteiger partial charge in [-0.2, -0.15) is 5.10 Å². The number of para-hydroxylation sites is 1. The first kappa shape index (κ1) is 20.9. The van der Waals surface area contributed by atoms with Crippen molar-refractivity contribution in [3.63, 3.8) is 0 Å². The van der Waals surface area contributed by atoms with Crippen molar-refractivity contribution in [3.05, 3.63) is 113 Å². The highest BCUT2D eigenvalue weighted by atomic mass is 32.1. The molecular formula is C27H17N5O2S. The van der Waals surface area contributed by atoms with E-state index in [1.807, 2.05) is 72.1 Å². The first-order valence-corrected chi connectivity index (χ1v) is 11.7. The number of rotatable bonds is 5. The van der Waals surface area contributed by atoms with Gasteiger partial charge in [-0.1, -0.05) is 36.4 Å². The SMILES string of the molecule is O=C(Nc1cccc(-c2ccnc3c(C(=O)c4cccs4)cnn23)c1)c1cnc2ccccc2c1. The Morgan fingerprint density at radius 1 is 0.886 bits per heavy atom. The summed E-state index contributed by atoms with van der Waals surface area (Å²) in [5, 5.41) is 10.2. The van der Waals surface area contributed by atoms with Crippen molar-refractivity contribution in [2.45, 2.75) is 0 Å². The molecule has 8 heteroatoms. The fourth-order valence-electron chi connectivity index (χ4n) is 3.97. The molecule has 0 bridgehead atoms. The molecule has 1 amide bonds. The number of nitrogens with one attached hydrogen (secondary N) is 1. The lowest BCUT2D eigenvalue weighted by Gasteiger charge is -2.09. The van der Waals surface area contributed by atoms with Crippen LogP contribution in [0, 0.1) is 0 Å². The molecule has 0 aliphatic rings. The molecule has 0 saturated carbocycles. The van der Waals surface area contributed by atoms with Crippen molar-refractivity contribution in [1.29, 1.82) is 0 Å². The number of anilines is 1. The fourth-order valence-corrected chi connectivity index (χ4v) is 4.64. The molecule has 7 nitrogen and oxygen atoms in total. The molecule has 0 aliphatic carbocycles. The van der Waals surface area contributed by atoms with E-state index in [0.717, 1.165) is 22.2 Å². The summed E-state index contributed by atoms with van der Waals surface area (Å²) in [5.41, 5.74) is 4.45. The molecule has 0 unspecified atom stereocenters. The third kappa shape index (κ3) is 3.85. The third-order valence-electron chi connectivity index (χ3n) is 5.66. The van der Waals surface area contributed by atoms with E-state index < -0.39 is 0 Å². The van der Waals surface area contributed by atoms with Gasteiger partial charge in [0.2, 0.25) is 5.78 Å². The normalized spacial score (nSPS) is 11.1. The number of fused-ring (bicyclic) bond motifs is 2. The molecule has 2 aromatic carbocycles. The molecule has 0 radical (unpaired) electrons. The van der Waals surface area contributed by atoms with Gasteiger partial charge >= 0.3 is 0 Å². The molecule has 0 saturated heterocycles. The van der Waals surface area contributed by atoms with E-state index in [0.29, 0.717) is 27.3 Å². The Bertz CT molecular complexity index is 1720. The van der Waals surface area contributed by atoms with Crippen LogP contribution in [0.25, 0.3) is 27.8 Å². The molecular weight excluding hydrogens is 458 g/mol. The molecule has 0 aliphatic heterocycles. The van der Waals surface area contributed by atoms with E-state index in [4.69, 9.17) is 0 Å². The number of hydrogen-bond donors (Lipinski definition) is 1. The van der Waals surface area contributed by atoms with Gasteiger partial charge in [-0.15, -0.1) is 11.3 Å². The van der Waals surface area contributed by atoms with Crippen LogP contribution in [0.4, 0.5) is 5.69 Å². The van der Waals surface area contributed by atoms with Gasteiger partial charge in [-0.05, 0) is 41.8 Å². The number of aromatic nitrogens is 4. The van der Waals surface area contributed by atoms with Crippen LogP contribution in [0.1, 0.15) is 25.6 Å². The van der Waals surface area contributed by atoms with Crippen LogP contribution in [0.2, 0.25) is 0 Å². The zero-order valence-corrected chi connectivity index (χ0v) is 19.1. The molecule has 168 valence electrons. The Labute approximate surface area is 203 Å². The van der Waals surface area contributed by atoms with Gasteiger partial charge in [-0.25, -0.2) is 9.50 Å². The van der Waals surface area contributed by atoms with Crippen LogP contribution in [0.3, 0.4) is 0 Å². The van der Waals surface area contributed by atoms with E-state index in [-0.39, 0.29) is 11.7 Å². The zero-order chi connectivity index (χ0) is 23.8. The van der Waals surface area contributed by atoms with Gasteiger partial charge in [0.25, 0.3) is 5.91 Å². The van der Waals surface area contributed by atoms with Gasteiger partial charge in [0.05, 0.1) is 33.4 Å². The minimum Gasteiger partial charge on any atom is -0.322 e. The molecule has 6 aromatic rings. The second-order valence-corrected chi connectivity index (χ2v) is 8.83. The molecule has 0 spiro atoms. The van der Waals surface area contributed by atoms with E-state index >= 15 is 0 Å². The zero-order valence-electron chi connectivity index (χ0n) is 18.3. The average Bonchev–Trinajstić information content (AvgIpc) is 3.59. The maximum Gasteiger partial charge on any atom is 0.257 e. The number of pyridine rings is 1. The predicted octanol–water partition coefficient (Wildman–Crippen LogP) is 5.49. The molecule has 0 fully saturated rings. The fraction of sp³-hybridized carbons (Fsp3) is 0. The van der Waals surface area contributed by atoms with E-state index in [1.54, 1.807) is 29.2 Å². The number of thiophene rings is 1. The van der Waals surface area contributed by atoms with Crippen molar-refractivity contribution in [2.24, 2.45) is 0 Å². The minimum absolute atomic E-state index is 0.107. The number of nitrogens with zero attached hydrogens (tertiary/aromatic N) is 4. The Hall–Kier alpha value is -4.69. The summed E-state index contributed by atoms with van der Waals surface area (Å²) in [6, 6.07) is 22.4. The topological polar surface area (TPSA) is 89.2 Å². The van der Waals surface area contributed by atoms with Gasteiger partial charge in [0.1, 0.15) is 0 Å². The van der Waals surface area contributed by atoms with Crippen LogP contribution >= 0.6 is 11.3 Å². The number of hydrogen-bond acceptors (Lipinski definition) is 6. The number of amides is 1. The lowest BCUT2D eigenvalue weighted by molar-refractivity contribution is 0.102. The van der Waals surface area contributed by atoms with Gasteiger partial charge in [0, 0.05) is 29.0 Å². The largest absolute Gasteiger partial charge is 0.322 e. The van der Waals surface area contributed by atoms with E-state index in [2.05, 4.69) is 20.4 Å². The highest BCUT2D eigenvalue weighted by Gasteiger charge is 2.18. The predicted molar refractivity (Wildman–Crippen MR) is 136 cm³/mol. The molecule has 0 atom stereocenters. The van der Waals surface area contributed by atoms with Crippen LogP contribution in [-0.2, 0) is 0 Å². The van der Waals surface area contributed by atoms with Crippen LogP contribution < -0.4 is 5.32 Å². The first-order valence-electron chi connectivity index (χ1n) is 10.8. The Balaban J connectivity index is 1.31. The van der Waals surface area contributed by atoms with Crippen molar-refractivity contribution < 1.29 is 9.59 Å². The smallest absolute Gasteiger partial charge is 0.257 e. The summed E-state index contributed by atoms with van der Waals surface area (Å²) in [6.07, 6.45) is 4.78. The van der Waals surface area contributed by atoms with E-state index in [1.165, 1.54) is 11.3 Å². The highest BCUT2D eigenvalue weighted by Crippen LogP contribution is 2.26. The summed E-state index contributed by atoms with van der Waals surface area (Å²) < 4.78 is 1.65. The Morgan fingerprint density at radius 3 is 2.69 bits per heavy atom. The second-order valence-electron chi connectivity index (χ2n) is 7.88. The molecule has 4 heterocycles. The van der Waals surface area contributed by atoms with Crippen molar-refractivity contribution in [2.75, 3.05) is 5.32 Å². The maximum absolute atomic E-state index is 12.9. The standard InChI is InChI=1S/C27H17N5O2S/c33-25(24-9-4-12-35-24)21-16-30-32-23(10-11-28-26(21)32)18-6-3-7-20(14-18)31-27(34)19-13-17-5-1-2-8-22(17)29-15-19/h1-16H,(H,31,34). The summed E-state index contributed by atoms with van der Waals surface area (Å²) >= 11 is 1.39. The Kier molecular flexibility index (Phi) is 5.12. The highest BCUT2D eigenvalue weighted by molar-refractivity contribution is 7.12. The van der Waals surface area contributed by atoms with Crippen LogP contribution in [0.5, 0.6) is 0 Å². The minimum atomic E-state index is -0.247. The van der Waals surface area contributed by atoms with Crippen LogP contribution in [0.15, 0.2) is 96.8 Å². The monoisotopic (exact) mass is 475 g/mol. The molecule has 4 aromatic heterocycles. The third-order valence-corrected chi connectivity index (χ3v) is 6.53. The van der Waals surface area contributed by atoms with Crippen molar-refractivity contribution in [1.82, 2.24) is 19.6 Å². The molecule has 1 N–H and O–H groups in total. The lowest BCUT2D eigenvalue weighted by Crippen LogP contribution is -2.12. The van der Waals surface area contributed by atoms with Gasteiger partial charge in [-0.3, -0.25) is 14.6 Å². The molecule has 6 rings (SSSR count). The quantitative estimate of drug-likeness (QED) is 0.333. The molecule has 35 heavy (non-hydrogen) atoms. The maximum atomic E-state index is 12.9. The summed E-state index contributed by atoms with van der Waals surface area (Å²) in [7, 11) is 0. The summed E-state index contributed by atoms with van der Waals surface area (Å²) in [4.78, 5) is 35.2. The number of ketones is 1. The van der Waals surface area contributed by atoms with Gasteiger partial charge < -0.3 is 5.32 Å². The Morgan fingerprint density at radius 2 is 1.80 bits per heavy atom. The van der Waals surface area contributed by atoms with Gasteiger partial charge in [0.15, 0.2) is 5.65 Å². The summed E-state index contributed by atoms with van der Waals surface area (Å²) in [6.45, 7) is 0. The number of benzene rings is 2. The summed E-state index contributed by atoms with van der Waals surface area (Å²) in [5.74, 6) is -0.354. The second kappa shape index (κ2) is 8.58. The number of carbonyl (C=O) groups is 2. The first-order chi connectivity index (χ1) is 17.2. The average molecular weight is 476 g/mol. The van der Waals surface area contributed by atoms with Crippen LogP contribution in [-0.4, -0.2) is 31.3 Å². The number of carbonyl (C=O) groups excluding carboxylic acids is 2. The lowest BCUT2D eigenvalue weighted by atomic mass is 10.1. The van der Waals surface area contributed by atoms with Crippen molar-refractivity contribution in [3.8, 4) is 11.3 Å². The van der Waals surface area contributed by atoms with Crippen molar-refractivity contribution >= 4 is 45.3 Å².